The number of halogens is 4. The molecule has 0 aliphatic rings. The molecule has 1 aromatic carbocycles. The van der Waals surface area contributed by atoms with Gasteiger partial charge in [0.2, 0.25) is 0 Å². The number of methoxy groups -OCH3 is 1. The van der Waals surface area contributed by atoms with Gasteiger partial charge >= 0.3 is 13.5 Å². The van der Waals surface area contributed by atoms with Gasteiger partial charge in [0.05, 0.1) is 26.3 Å². The molecule has 10 heteroatoms. The van der Waals surface area contributed by atoms with Crippen LogP contribution in [0.1, 0.15) is 27.6 Å². The number of ether oxygens (including phenoxy) is 2. The first-order chi connectivity index (χ1) is 11.6. The third-order valence-corrected chi connectivity index (χ3v) is 3.36. The van der Waals surface area contributed by atoms with E-state index in [1.165, 1.54) is 6.92 Å². The standard InChI is InChI=1S/C16H24NO4.BF3.FH/c1-13(18)14-5-7-15(8-6-14)16(19)21-12-10-17(2,3)9-11-20-4;2-1(3)4;/h5-8H,9-12H2,1-4H3;;1H/q+1;;/p-1. The number of hydrogen-bond acceptors (Lipinski definition) is 4. The van der Waals surface area contributed by atoms with Crippen molar-refractivity contribution in [2.45, 2.75) is 6.92 Å². The van der Waals surface area contributed by atoms with Crippen LogP contribution in [0.15, 0.2) is 24.3 Å². The molecule has 0 atom stereocenters. The summed E-state index contributed by atoms with van der Waals surface area (Å²) >= 11 is 0. The van der Waals surface area contributed by atoms with Crippen LogP contribution in [0.3, 0.4) is 0 Å². The van der Waals surface area contributed by atoms with Crippen molar-refractivity contribution in [3.05, 3.63) is 35.4 Å². The van der Waals surface area contributed by atoms with Crippen molar-refractivity contribution >= 4 is 19.3 Å². The Morgan fingerprint density at radius 2 is 1.42 bits per heavy atom. The van der Waals surface area contributed by atoms with E-state index in [0.717, 1.165) is 17.6 Å². The minimum atomic E-state index is -3.67. The Kier molecular flexibility index (Phi) is 13.4. The predicted molar refractivity (Wildman–Crippen MR) is 89.5 cm³/mol. The summed E-state index contributed by atoms with van der Waals surface area (Å²) in [6.45, 7) is 4.10. The first-order valence-electron chi connectivity index (χ1n) is 7.60. The lowest BCUT2D eigenvalue weighted by Gasteiger charge is -2.29. The molecule has 0 radical (unpaired) electrons. The van der Waals surface area contributed by atoms with Crippen molar-refractivity contribution in [2.75, 3.05) is 47.5 Å². The van der Waals surface area contributed by atoms with Crippen LogP contribution >= 0.6 is 0 Å². The Morgan fingerprint density at radius 3 is 1.85 bits per heavy atom. The van der Waals surface area contributed by atoms with Gasteiger partial charge in [-0.25, -0.2) is 4.79 Å². The van der Waals surface area contributed by atoms with Gasteiger partial charge in [-0.2, -0.15) is 0 Å². The molecular formula is C16H24BF4NO4. The molecule has 0 spiro atoms. The fourth-order valence-electron chi connectivity index (χ4n) is 1.76. The highest BCUT2D eigenvalue weighted by Gasteiger charge is 2.16. The third kappa shape index (κ3) is 12.4. The molecule has 0 aliphatic carbocycles. The van der Waals surface area contributed by atoms with E-state index in [0.29, 0.717) is 24.3 Å². The van der Waals surface area contributed by atoms with Gasteiger partial charge in [-0.1, -0.05) is 12.1 Å². The lowest BCUT2D eigenvalue weighted by atomic mass is 10.1. The number of quaternary nitrogens is 1. The maximum atomic E-state index is 11.9. The molecular weight excluding hydrogens is 357 g/mol. The summed E-state index contributed by atoms with van der Waals surface area (Å²) < 4.78 is 40.0. The van der Waals surface area contributed by atoms with E-state index < -0.39 is 7.54 Å². The molecule has 148 valence electrons. The van der Waals surface area contributed by atoms with Crippen LogP contribution in [0.5, 0.6) is 0 Å². The molecule has 0 heterocycles. The quantitative estimate of drug-likeness (QED) is 0.203. The topological polar surface area (TPSA) is 52.6 Å². The first-order valence-corrected chi connectivity index (χ1v) is 7.60. The number of rotatable bonds is 8. The molecule has 0 fully saturated rings. The minimum Gasteiger partial charge on any atom is -1.00 e. The molecule has 0 saturated carbocycles. The summed E-state index contributed by atoms with van der Waals surface area (Å²) in [6, 6.07) is 6.50. The van der Waals surface area contributed by atoms with Crippen LogP contribution in [-0.4, -0.2) is 71.3 Å². The van der Waals surface area contributed by atoms with E-state index in [1.807, 2.05) is 0 Å². The smallest absolute Gasteiger partial charge is 0.762 e. The Balaban J connectivity index is 0. The van der Waals surface area contributed by atoms with Crippen molar-refractivity contribution in [3.63, 3.8) is 0 Å². The molecule has 0 unspecified atom stereocenters. The Hall–Kier alpha value is -1.94. The number of carbonyl (C=O) groups is 2. The van der Waals surface area contributed by atoms with Crippen LogP contribution < -0.4 is 4.70 Å². The molecule has 26 heavy (non-hydrogen) atoms. The van der Waals surface area contributed by atoms with Gasteiger partial charge in [0.15, 0.2) is 5.78 Å². The van der Waals surface area contributed by atoms with Crippen LogP contribution in [0.25, 0.3) is 0 Å². The second-order valence-corrected chi connectivity index (χ2v) is 5.89. The van der Waals surface area contributed by atoms with E-state index in [-0.39, 0.29) is 16.5 Å². The Morgan fingerprint density at radius 1 is 1.00 bits per heavy atom. The van der Waals surface area contributed by atoms with Crippen molar-refractivity contribution in [1.82, 2.24) is 0 Å². The number of hydrogen-bond donors (Lipinski definition) is 0. The van der Waals surface area contributed by atoms with Gasteiger partial charge in [-0.05, 0) is 19.1 Å². The summed E-state index contributed by atoms with van der Waals surface area (Å²) in [5.41, 5.74) is 1.05. The molecule has 0 aliphatic heterocycles. The highest BCUT2D eigenvalue weighted by Crippen LogP contribution is 2.07. The van der Waals surface area contributed by atoms with E-state index in [2.05, 4.69) is 14.1 Å². The molecule has 0 amide bonds. The van der Waals surface area contributed by atoms with Crippen molar-refractivity contribution in [2.24, 2.45) is 0 Å². The van der Waals surface area contributed by atoms with Crippen LogP contribution in [-0.2, 0) is 9.47 Å². The minimum absolute atomic E-state index is 0. The number of nitrogens with zero attached hydrogens (tertiary/aromatic N) is 1. The zero-order chi connectivity index (χ0) is 19.5. The largest absolute Gasteiger partial charge is 1.00 e. The third-order valence-electron chi connectivity index (χ3n) is 3.36. The Labute approximate surface area is 151 Å². The fraction of sp³-hybridized carbons (Fsp3) is 0.500. The molecule has 0 saturated heterocycles. The summed E-state index contributed by atoms with van der Waals surface area (Å²) in [6.07, 6.45) is 0. The average Bonchev–Trinajstić information content (AvgIpc) is 2.52. The second kappa shape index (κ2) is 13.3. The van der Waals surface area contributed by atoms with Gasteiger partial charge in [0.25, 0.3) is 0 Å². The Bertz CT molecular complexity index is 539. The molecule has 1 aromatic rings. The average molecular weight is 381 g/mol. The maximum absolute atomic E-state index is 11.9. The summed E-state index contributed by atoms with van der Waals surface area (Å²) in [7, 11) is 2.13. The van der Waals surface area contributed by atoms with Gasteiger partial charge in [-0.3, -0.25) is 17.7 Å². The number of carbonyl (C=O) groups excluding carboxylic acids is 2. The SMILES string of the molecule is COCC[N+](C)(C)CCOC(=O)c1ccc(C(C)=O)cc1.FB(F)F.[F-]. The van der Waals surface area contributed by atoms with Crippen LogP contribution in [0.2, 0.25) is 0 Å². The highest BCUT2D eigenvalue weighted by molar-refractivity contribution is 6.33. The van der Waals surface area contributed by atoms with Crippen molar-refractivity contribution in [3.8, 4) is 0 Å². The van der Waals surface area contributed by atoms with Crippen molar-refractivity contribution < 1.29 is 41.2 Å². The summed E-state index contributed by atoms with van der Waals surface area (Å²) in [5.74, 6) is -0.385. The maximum Gasteiger partial charge on any atom is 0.762 e. The van der Waals surface area contributed by atoms with Gasteiger partial charge in [0, 0.05) is 12.7 Å². The zero-order valence-electron chi connectivity index (χ0n) is 15.3. The number of benzene rings is 1. The highest BCUT2D eigenvalue weighted by atomic mass is 19.4. The monoisotopic (exact) mass is 381 g/mol. The first kappa shape index (κ1) is 26.3. The second-order valence-electron chi connectivity index (χ2n) is 5.89. The van der Waals surface area contributed by atoms with Gasteiger partial charge in [-0.15, -0.1) is 0 Å². The van der Waals surface area contributed by atoms with E-state index in [1.54, 1.807) is 31.4 Å². The molecule has 0 N–H and O–H groups in total. The summed E-state index contributed by atoms with van der Waals surface area (Å²) in [4.78, 5) is 23.1. The number of ketones is 1. The normalized spacial score (nSPS) is 10.1. The van der Waals surface area contributed by atoms with Gasteiger partial charge < -0.3 is 18.7 Å². The van der Waals surface area contributed by atoms with Crippen molar-refractivity contribution in [1.29, 1.82) is 0 Å². The van der Waals surface area contributed by atoms with E-state index >= 15 is 0 Å². The number of likely N-dealkylation sites (N-methyl/N-ethyl adjacent to an activating group) is 1. The van der Waals surface area contributed by atoms with Crippen LogP contribution in [0, 0.1) is 0 Å². The predicted octanol–water partition coefficient (Wildman–Crippen LogP) is -0.347. The number of Topliss-reactive ketones (excluding diaryl/α,β-unsaturated/α-hetero) is 1. The lowest BCUT2D eigenvalue weighted by Crippen LogP contribution is -3.00. The molecule has 0 aromatic heterocycles. The molecule has 1 rings (SSSR count). The zero-order valence-corrected chi connectivity index (χ0v) is 15.3. The van der Waals surface area contributed by atoms with Crippen LogP contribution in [0.4, 0.5) is 12.9 Å². The summed E-state index contributed by atoms with van der Waals surface area (Å²) in [5, 5.41) is 0. The van der Waals surface area contributed by atoms with E-state index in [4.69, 9.17) is 9.47 Å². The fourth-order valence-corrected chi connectivity index (χ4v) is 1.76. The lowest BCUT2D eigenvalue weighted by molar-refractivity contribution is -0.890. The van der Waals surface area contributed by atoms with Gasteiger partial charge in [0.1, 0.15) is 19.7 Å². The molecule has 5 nitrogen and oxygen atoms in total. The van der Waals surface area contributed by atoms with E-state index in [9.17, 15) is 22.5 Å². The molecule has 0 bridgehead atoms. The number of esters is 1.